The van der Waals surface area contributed by atoms with Gasteiger partial charge in [0.15, 0.2) is 0 Å². The summed E-state index contributed by atoms with van der Waals surface area (Å²) in [5.41, 5.74) is 2.49. The first-order chi connectivity index (χ1) is 12.7. The number of carbonyl (C=O) groups excluding carboxylic acids is 1. The molecule has 1 saturated heterocycles. The summed E-state index contributed by atoms with van der Waals surface area (Å²) in [6, 6.07) is 10.9. The summed E-state index contributed by atoms with van der Waals surface area (Å²) in [6.07, 6.45) is 5.52. The van der Waals surface area contributed by atoms with Gasteiger partial charge in [0, 0.05) is 46.2 Å². The Kier molecular flexibility index (Phi) is 5.06. The first-order valence-electron chi connectivity index (χ1n) is 7.98. The van der Waals surface area contributed by atoms with Crippen molar-refractivity contribution in [3.8, 4) is 10.6 Å². The molecule has 0 saturated carbocycles. The number of benzene rings is 1. The molecule has 1 aromatic carbocycles. The minimum absolute atomic E-state index is 0.0133. The van der Waals surface area contributed by atoms with Gasteiger partial charge in [-0.05, 0) is 42.5 Å². The predicted octanol–water partition coefficient (Wildman–Crippen LogP) is 5.05. The second-order valence-electron chi connectivity index (χ2n) is 5.61. The minimum Gasteiger partial charge on any atom is -0.302 e. The van der Waals surface area contributed by atoms with Crippen molar-refractivity contribution in [2.45, 2.75) is 0 Å². The first kappa shape index (κ1) is 17.3. The fourth-order valence-corrected chi connectivity index (χ4v) is 4.51. The number of carbonyl (C=O) groups is 1. The third kappa shape index (κ3) is 3.67. The molecule has 1 amide bonds. The van der Waals surface area contributed by atoms with E-state index >= 15 is 0 Å². The SMILES string of the molecule is O=C(c1ccc(Cl)cc1)N1CCS/C1=C/c1csc(-c2cccnc2)n1. The smallest absolute Gasteiger partial charge is 0.258 e. The van der Waals surface area contributed by atoms with Gasteiger partial charge < -0.3 is 4.90 Å². The first-order valence-corrected chi connectivity index (χ1v) is 10.2. The highest BCUT2D eigenvalue weighted by atomic mass is 35.5. The highest BCUT2D eigenvalue weighted by Crippen LogP contribution is 2.32. The lowest BCUT2D eigenvalue weighted by molar-refractivity contribution is 0.0831. The molecule has 4 nitrogen and oxygen atoms in total. The Balaban J connectivity index is 1.57. The van der Waals surface area contributed by atoms with Crippen molar-refractivity contribution in [2.24, 2.45) is 0 Å². The van der Waals surface area contributed by atoms with E-state index < -0.39 is 0 Å². The molecule has 130 valence electrons. The third-order valence-corrected chi connectivity index (χ3v) is 6.05. The van der Waals surface area contributed by atoms with Crippen LogP contribution in [0.15, 0.2) is 59.2 Å². The molecule has 0 unspecified atom stereocenters. The monoisotopic (exact) mass is 399 g/mol. The van der Waals surface area contributed by atoms with Gasteiger partial charge in [-0.15, -0.1) is 23.1 Å². The summed E-state index contributed by atoms with van der Waals surface area (Å²) in [7, 11) is 0. The van der Waals surface area contributed by atoms with E-state index in [-0.39, 0.29) is 5.91 Å². The molecule has 0 N–H and O–H groups in total. The number of thioether (sulfide) groups is 1. The molecule has 3 heterocycles. The lowest BCUT2D eigenvalue weighted by atomic mass is 10.2. The molecule has 4 rings (SSSR count). The number of hydrogen-bond donors (Lipinski definition) is 0. The van der Waals surface area contributed by atoms with Crippen molar-refractivity contribution in [1.82, 2.24) is 14.9 Å². The number of thiazole rings is 1. The topological polar surface area (TPSA) is 46.1 Å². The summed E-state index contributed by atoms with van der Waals surface area (Å²) in [6.45, 7) is 0.692. The van der Waals surface area contributed by atoms with Crippen LogP contribution in [0.25, 0.3) is 16.6 Å². The predicted molar refractivity (Wildman–Crippen MR) is 108 cm³/mol. The molecule has 1 fully saturated rings. The Morgan fingerprint density at radius 1 is 1.23 bits per heavy atom. The van der Waals surface area contributed by atoms with Crippen molar-refractivity contribution >= 4 is 46.7 Å². The van der Waals surface area contributed by atoms with Crippen LogP contribution in [0.3, 0.4) is 0 Å². The number of hydrogen-bond acceptors (Lipinski definition) is 5. The highest BCUT2D eigenvalue weighted by molar-refractivity contribution is 8.03. The standard InChI is InChI=1S/C19H14ClN3OS2/c20-15-5-3-13(4-6-15)19(24)23-8-9-25-17(23)10-16-12-26-18(22-16)14-2-1-7-21-11-14/h1-7,10-12H,8-9H2/b17-10+. The molecule has 0 atom stereocenters. The van der Waals surface area contributed by atoms with Crippen LogP contribution in [-0.4, -0.2) is 33.1 Å². The molecule has 0 aliphatic carbocycles. The summed E-state index contributed by atoms with van der Waals surface area (Å²) in [4.78, 5) is 23.4. The zero-order chi connectivity index (χ0) is 17.9. The van der Waals surface area contributed by atoms with Crippen molar-refractivity contribution in [1.29, 1.82) is 0 Å². The minimum atomic E-state index is -0.0133. The molecule has 1 aliphatic heterocycles. The van der Waals surface area contributed by atoms with Crippen molar-refractivity contribution in [3.63, 3.8) is 0 Å². The zero-order valence-electron chi connectivity index (χ0n) is 13.6. The average molecular weight is 400 g/mol. The Hall–Kier alpha value is -2.15. The molecule has 2 aromatic heterocycles. The van der Waals surface area contributed by atoms with Gasteiger partial charge in [0.2, 0.25) is 0 Å². The summed E-state index contributed by atoms with van der Waals surface area (Å²) in [5, 5.41) is 4.47. The van der Waals surface area contributed by atoms with Crippen LogP contribution >= 0.6 is 34.7 Å². The van der Waals surface area contributed by atoms with Gasteiger partial charge in [-0.2, -0.15) is 0 Å². The molecule has 0 bridgehead atoms. The summed E-state index contributed by atoms with van der Waals surface area (Å²) < 4.78 is 0. The fourth-order valence-electron chi connectivity index (χ4n) is 2.60. The second kappa shape index (κ2) is 7.61. The van der Waals surface area contributed by atoms with E-state index in [0.29, 0.717) is 17.1 Å². The molecule has 0 radical (unpaired) electrons. The van der Waals surface area contributed by atoms with E-state index in [0.717, 1.165) is 27.0 Å². The van der Waals surface area contributed by atoms with Gasteiger partial charge in [-0.1, -0.05) is 11.6 Å². The number of pyridine rings is 1. The molecule has 7 heteroatoms. The molecule has 3 aromatic rings. The normalized spacial score (nSPS) is 15.6. The van der Waals surface area contributed by atoms with Gasteiger partial charge in [0.05, 0.1) is 10.7 Å². The van der Waals surface area contributed by atoms with Crippen LogP contribution in [0.5, 0.6) is 0 Å². The van der Waals surface area contributed by atoms with Gasteiger partial charge in [0.1, 0.15) is 5.01 Å². The van der Waals surface area contributed by atoms with Gasteiger partial charge in [0.25, 0.3) is 5.91 Å². The van der Waals surface area contributed by atoms with E-state index in [1.165, 1.54) is 0 Å². The van der Waals surface area contributed by atoms with Gasteiger partial charge >= 0.3 is 0 Å². The van der Waals surface area contributed by atoms with Crippen LogP contribution in [0.4, 0.5) is 0 Å². The van der Waals surface area contributed by atoms with Crippen molar-refractivity contribution in [2.75, 3.05) is 12.3 Å². The van der Waals surface area contributed by atoms with Gasteiger partial charge in [-0.3, -0.25) is 9.78 Å². The maximum absolute atomic E-state index is 12.8. The third-order valence-electron chi connectivity index (χ3n) is 3.87. The van der Waals surface area contributed by atoms with E-state index in [4.69, 9.17) is 11.6 Å². The number of amides is 1. The van der Waals surface area contributed by atoms with Crippen LogP contribution in [-0.2, 0) is 0 Å². The van der Waals surface area contributed by atoms with Gasteiger partial charge in [-0.25, -0.2) is 4.98 Å². The largest absolute Gasteiger partial charge is 0.302 e. The summed E-state index contributed by atoms with van der Waals surface area (Å²) >= 11 is 9.15. The fraction of sp³-hybridized carbons (Fsp3) is 0.105. The Morgan fingerprint density at radius 2 is 2.08 bits per heavy atom. The van der Waals surface area contributed by atoms with Crippen molar-refractivity contribution < 1.29 is 4.79 Å². The molecule has 1 aliphatic rings. The maximum Gasteiger partial charge on any atom is 0.258 e. The Morgan fingerprint density at radius 3 is 2.85 bits per heavy atom. The Bertz CT molecular complexity index is 954. The average Bonchev–Trinajstić information content (AvgIpc) is 3.33. The summed E-state index contributed by atoms with van der Waals surface area (Å²) in [5.74, 6) is 0.866. The van der Waals surface area contributed by atoms with Crippen LogP contribution in [0.1, 0.15) is 16.1 Å². The van der Waals surface area contributed by atoms with E-state index in [1.54, 1.807) is 64.7 Å². The lowest BCUT2D eigenvalue weighted by Crippen LogP contribution is -2.26. The van der Waals surface area contributed by atoms with E-state index in [2.05, 4.69) is 9.97 Å². The highest BCUT2D eigenvalue weighted by Gasteiger charge is 2.25. The number of aromatic nitrogens is 2. The number of halogens is 1. The maximum atomic E-state index is 12.8. The molecular weight excluding hydrogens is 386 g/mol. The lowest BCUT2D eigenvalue weighted by Gasteiger charge is -2.16. The second-order valence-corrected chi connectivity index (χ2v) is 8.02. The quantitative estimate of drug-likeness (QED) is 0.618. The van der Waals surface area contributed by atoms with E-state index in [9.17, 15) is 4.79 Å². The van der Waals surface area contributed by atoms with Crippen molar-refractivity contribution in [3.05, 3.63) is 75.5 Å². The number of nitrogens with zero attached hydrogens (tertiary/aromatic N) is 3. The molecule has 0 spiro atoms. The van der Waals surface area contributed by atoms with E-state index in [1.807, 2.05) is 23.6 Å². The van der Waals surface area contributed by atoms with Crippen LogP contribution in [0, 0.1) is 0 Å². The van der Waals surface area contributed by atoms with Crippen LogP contribution in [0.2, 0.25) is 5.02 Å². The zero-order valence-corrected chi connectivity index (χ0v) is 16.0. The molecule has 26 heavy (non-hydrogen) atoms. The Labute approximate surface area is 164 Å². The van der Waals surface area contributed by atoms with Crippen LogP contribution < -0.4 is 0 Å². The number of rotatable bonds is 3. The molecular formula is C19H14ClN3OS2.